The first-order valence-electron chi connectivity index (χ1n) is 3.63. The topological polar surface area (TPSA) is 21.6 Å². The van der Waals surface area contributed by atoms with Crippen molar-refractivity contribution in [3.8, 4) is 0 Å². The van der Waals surface area contributed by atoms with Gasteiger partial charge in [0.25, 0.3) is 0 Å². The van der Waals surface area contributed by atoms with Crippen molar-refractivity contribution in [1.82, 2.24) is 0 Å². The number of hydrogen-bond donors (Lipinski definition) is 0. The third kappa shape index (κ3) is 3.01. The first-order valence-corrected chi connectivity index (χ1v) is 7.13. The molecule has 60 valence electrons. The van der Waals surface area contributed by atoms with E-state index >= 15 is 0 Å². The van der Waals surface area contributed by atoms with Crippen molar-refractivity contribution in [2.24, 2.45) is 5.16 Å². The summed E-state index contributed by atoms with van der Waals surface area (Å²) in [4.78, 5) is 4.74. The minimum Gasteiger partial charge on any atom is -0.400 e. The fourth-order valence-electron chi connectivity index (χ4n) is 0.842. The maximum absolute atomic E-state index is 4.74. The molecule has 0 saturated heterocycles. The van der Waals surface area contributed by atoms with E-state index in [0.29, 0.717) is 0 Å². The SMILES string of the molecule is CCC(=NOC)[Si](C)(C)C. The molecule has 10 heavy (non-hydrogen) atoms. The van der Waals surface area contributed by atoms with Crippen LogP contribution >= 0.6 is 0 Å². The zero-order chi connectivity index (χ0) is 8.20. The summed E-state index contributed by atoms with van der Waals surface area (Å²) in [7, 11) is 0.424. The normalized spacial score (nSPS) is 13.5. The second-order valence-corrected chi connectivity index (χ2v) is 8.40. The first kappa shape index (κ1) is 9.69. The Morgan fingerprint density at radius 2 is 1.90 bits per heavy atom. The van der Waals surface area contributed by atoms with Crippen molar-refractivity contribution >= 4 is 13.4 Å². The van der Waals surface area contributed by atoms with E-state index in [1.165, 1.54) is 5.33 Å². The summed E-state index contributed by atoms with van der Waals surface area (Å²) in [6, 6.07) is 0. The standard InChI is InChI=1S/C7H17NOSi/c1-6-7(8-9-2)10(3,4)5/h6H2,1-5H3. The molecule has 0 heterocycles. The molecule has 0 aromatic heterocycles. The summed E-state index contributed by atoms with van der Waals surface area (Å²) in [6.07, 6.45) is 1.02. The number of rotatable bonds is 3. The smallest absolute Gasteiger partial charge is 0.106 e. The molecule has 0 unspecified atom stereocenters. The summed E-state index contributed by atoms with van der Waals surface area (Å²) in [5.74, 6) is 0. The van der Waals surface area contributed by atoms with Gasteiger partial charge in [0.1, 0.15) is 15.2 Å². The maximum Gasteiger partial charge on any atom is 0.106 e. The fourth-order valence-corrected chi connectivity index (χ4v) is 2.27. The average Bonchev–Trinajstić information content (AvgIpc) is 1.80. The summed E-state index contributed by atoms with van der Waals surface area (Å²) in [5, 5.41) is 5.24. The summed E-state index contributed by atoms with van der Waals surface area (Å²) in [5.41, 5.74) is 0. The lowest BCUT2D eigenvalue weighted by atomic mass is 10.5. The molecular formula is C7H17NOSi. The zero-order valence-electron chi connectivity index (χ0n) is 7.56. The molecule has 0 aromatic rings. The van der Waals surface area contributed by atoms with Gasteiger partial charge in [-0.3, -0.25) is 0 Å². The van der Waals surface area contributed by atoms with Crippen LogP contribution in [0.3, 0.4) is 0 Å². The van der Waals surface area contributed by atoms with Crippen LogP contribution in [-0.2, 0) is 4.84 Å². The minimum absolute atomic E-state index is 1.02. The third-order valence-corrected chi connectivity index (χ3v) is 3.58. The summed E-state index contributed by atoms with van der Waals surface area (Å²) in [6.45, 7) is 8.94. The second-order valence-electron chi connectivity index (χ2n) is 3.32. The lowest BCUT2D eigenvalue weighted by Crippen LogP contribution is -2.32. The van der Waals surface area contributed by atoms with E-state index in [-0.39, 0.29) is 0 Å². The molecule has 0 aliphatic carbocycles. The predicted octanol–water partition coefficient (Wildman–Crippen LogP) is 2.28. The highest BCUT2D eigenvalue weighted by atomic mass is 28.3. The molecule has 0 aliphatic rings. The van der Waals surface area contributed by atoms with Gasteiger partial charge in [0.15, 0.2) is 0 Å². The van der Waals surface area contributed by atoms with Crippen molar-refractivity contribution in [3.63, 3.8) is 0 Å². The Balaban J connectivity index is 4.21. The van der Waals surface area contributed by atoms with Crippen molar-refractivity contribution in [3.05, 3.63) is 0 Å². The van der Waals surface area contributed by atoms with Crippen molar-refractivity contribution < 1.29 is 4.84 Å². The van der Waals surface area contributed by atoms with E-state index in [4.69, 9.17) is 4.84 Å². The number of nitrogens with zero attached hydrogens (tertiary/aromatic N) is 1. The molecule has 0 radical (unpaired) electrons. The lowest BCUT2D eigenvalue weighted by molar-refractivity contribution is 0.213. The van der Waals surface area contributed by atoms with Gasteiger partial charge in [-0.05, 0) is 6.42 Å². The Labute approximate surface area is 64.3 Å². The molecule has 0 fully saturated rings. The van der Waals surface area contributed by atoms with E-state index in [1.54, 1.807) is 7.11 Å². The Hall–Kier alpha value is -0.313. The highest BCUT2D eigenvalue weighted by Gasteiger charge is 2.20. The molecule has 0 N–H and O–H groups in total. The number of hydrogen-bond acceptors (Lipinski definition) is 2. The largest absolute Gasteiger partial charge is 0.400 e. The van der Waals surface area contributed by atoms with Crippen molar-refractivity contribution in [2.75, 3.05) is 7.11 Å². The maximum atomic E-state index is 4.74. The van der Waals surface area contributed by atoms with E-state index in [9.17, 15) is 0 Å². The Kier molecular flexibility index (Phi) is 3.64. The van der Waals surface area contributed by atoms with Crippen LogP contribution in [0.25, 0.3) is 0 Å². The van der Waals surface area contributed by atoms with Gasteiger partial charge in [-0.1, -0.05) is 26.6 Å². The van der Waals surface area contributed by atoms with Crippen molar-refractivity contribution in [2.45, 2.75) is 33.0 Å². The fraction of sp³-hybridized carbons (Fsp3) is 0.857. The monoisotopic (exact) mass is 159 g/mol. The van der Waals surface area contributed by atoms with Gasteiger partial charge >= 0.3 is 0 Å². The molecule has 3 heteroatoms. The lowest BCUT2D eigenvalue weighted by Gasteiger charge is -2.16. The molecule has 0 spiro atoms. The molecule has 0 aromatic carbocycles. The van der Waals surface area contributed by atoms with Crippen LogP contribution in [0.1, 0.15) is 13.3 Å². The van der Waals surface area contributed by atoms with Gasteiger partial charge in [0.05, 0.1) is 0 Å². The zero-order valence-corrected chi connectivity index (χ0v) is 8.56. The van der Waals surface area contributed by atoms with Gasteiger partial charge in [-0.2, -0.15) is 0 Å². The molecule has 0 bridgehead atoms. The molecule has 0 atom stereocenters. The van der Waals surface area contributed by atoms with Crippen LogP contribution < -0.4 is 0 Å². The molecule has 0 aliphatic heterocycles. The molecule has 0 saturated carbocycles. The molecular weight excluding hydrogens is 142 g/mol. The minimum atomic E-state index is -1.18. The molecule has 2 nitrogen and oxygen atoms in total. The van der Waals surface area contributed by atoms with Gasteiger partial charge in [0, 0.05) is 5.33 Å². The Bertz CT molecular complexity index is 126. The summed E-state index contributed by atoms with van der Waals surface area (Å²) < 4.78 is 0. The van der Waals surface area contributed by atoms with Gasteiger partial charge in [-0.15, -0.1) is 5.16 Å². The van der Waals surface area contributed by atoms with Gasteiger partial charge < -0.3 is 4.84 Å². The summed E-state index contributed by atoms with van der Waals surface area (Å²) >= 11 is 0. The molecule has 0 amide bonds. The van der Waals surface area contributed by atoms with Crippen LogP contribution in [0.2, 0.25) is 19.6 Å². The third-order valence-electron chi connectivity index (χ3n) is 1.40. The van der Waals surface area contributed by atoms with Crippen LogP contribution in [0.15, 0.2) is 5.16 Å². The van der Waals surface area contributed by atoms with E-state index in [2.05, 4.69) is 31.7 Å². The Morgan fingerprint density at radius 3 is 2.00 bits per heavy atom. The van der Waals surface area contributed by atoms with Crippen LogP contribution in [0, 0.1) is 0 Å². The quantitative estimate of drug-likeness (QED) is 0.352. The van der Waals surface area contributed by atoms with Crippen molar-refractivity contribution in [1.29, 1.82) is 0 Å². The average molecular weight is 159 g/mol. The van der Waals surface area contributed by atoms with Gasteiger partial charge in [-0.25, -0.2) is 0 Å². The van der Waals surface area contributed by atoms with Crippen LogP contribution in [-0.4, -0.2) is 20.5 Å². The predicted molar refractivity (Wildman–Crippen MR) is 48.1 cm³/mol. The second kappa shape index (κ2) is 3.76. The highest BCUT2D eigenvalue weighted by molar-refractivity contribution is 7.04. The van der Waals surface area contributed by atoms with Crippen LogP contribution in [0.5, 0.6) is 0 Å². The van der Waals surface area contributed by atoms with E-state index < -0.39 is 8.07 Å². The highest BCUT2D eigenvalue weighted by Crippen LogP contribution is 2.06. The van der Waals surface area contributed by atoms with E-state index in [0.717, 1.165) is 6.42 Å². The first-order chi connectivity index (χ1) is 4.52. The van der Waals surface area contributed by atoms with E-state index in [1.807, 2.05) is 0 Å². The van der Waals surface area contributed by atoms with Gasteiger partial charge in [0.2, 0.25) is 0 Å². The number of oxime groups is 1. The Morgan fingerprint density at radius 1 is 1.40 bits per heavy atom. The molecule has 0 rings (SSSR count). The van der Waals surface area contributed by atoms with Crippen LogP contribution in [0.4, 0.5) is 0 Å².